The van der Waals surface area contributed by atoms with Gasteiger partial charge < -0.3 is 10.4 Å². The Labute approximate surface area is 119 Å². The van der Waals surface area contributed by atoms with Crippen LogP contribution in [0.4, 0.5) is 0 Å². The smallest absolute Gasteiger partial charge is 0.241 e. The van der Waals surface area contributed by atoms with E-state index in [9.17, 15) is 15.2 Å². The van der Waals surface area contributed by atoms with E-state index in [4.69, 9.17) is 0 Å². The monoisotopic (exact) mass is 272 g/mol. The van der Waals surface area contributed by atoms with Gasteiger partial charge in [-0.1, -0.05) is 43.2 Å². The molecule has 0 saturated heterocycles. The number of rotatable bonds is 5. The Morgan fingerprint density at radius 3 is 2.55 bits per heavy atom. The number of carbonyl (C=O) groups excluding carboxylic acids is 1. The normalized spacial score (nSPS) is 18.2. The summed E-state index contributed by atoms with van der Waals surface area (Å²) in [6.07, 6.45) is 4.06. The van der Waals surface area contributed by atoms with Gasteiger partial charge in [-0.25, -0.2) is 0 Å². The number of carbonyl (C=O) groups is 1. The molecular weight excluding hydrogens is 252 g/mol. The minimum Gasteiger partial charge on any atom is -0.396 e. The molecule has 1 aromatic carbocycles. The summed E-state index contributed by atoms with van der Waals surface area (Å²) in [5.41, 5.74) is 0.517. The Bertz CT molecular complexity index is 487. The van der Waals surface area contributed by atoms with Gasteiger partial charge in [0.05, 0.1) is 12.7 Å². The number of hydrogen-bond donors (Lipinski definition) is 2. The molecular formula is C16H20N2O2. The van der Waals surface area contributed by atoms with Crippen LogP contribution in [0.5, 0.6) is 0 Å². The van der Waals surface area contributed by atoms with Gasteiger partial charge in [0.1, 0.15) is 5.92 Å². The van der Waals surface area contributed by atoms with Crippen LogP contribution in [0.2, 0.25) is 0 Å². The zero-order valence-electron chi connectivity index (χ0n) is 11.5. The minimum atomic E-state index is -0.784. The molecule has 2 N–H and O–H groups in total. The van der Waals surface area contributed by atoms with Gasteiger partial charge in [-0.3, -0.25) is 4.79 Å². The molecule has 0 aromatic heterocycles. The summed E-state index contributed by atoms with van der Waals surface area (Å²) in [6.45, 7) is 0.545. The summed E-state index contributed by atoms with van der Waals surface area (Å²) in [4.78, 5) is 12.2. The molecule has 2 rings (SSSR count). The average molecular weight is 272 g/mol. The van der Waals surface area contributed by atoms with E-state index >= 15 is 0 Å². The van der Waals surface area contributed by atoms with E-state index in [1.54, 1.807) is 12.1 Å². The van der Waals surface area contributed by atoms with Crippen LogP contribution in [-0.2, 0) is 4.79 Å². The Morgan fingerprint density at radius 2 is 2.00 bits per heavy atom. The summed E-state index contributed by atoms with van der Waals surface area (Å²) in [5.74, 6) is -1.06. The molecule has 4 heteroatoms. The molecule has 106 valence electrons. The van der Waals surface area contributed by atoms with Crippen LogP contribution >= 0.6 is 0 Å². The van der Waals surface area contributed by atoms with Crippen molar-refractivity contribution in [3.63, 3.8) is 0 Å². The zero-order valence-corrected chi connectivity index (χ0v) is 11.5. The average Bonchev–Trinajstić information content (AvgIpc) is 2.97. The van der Waals surface area contributed by atoms with Crippen LogP contribution in [0.15, 0.2) is 30.3 Å². The molecule has 0 heterocycles. The molecule has 1 saturated carbocycles. The van der Waals surface area contributed by atoms with Crippen molar-refractivity contribution in [1.29, 1.82) is 5.26 Å². The molecule has 1 atom stereocenters. The second-order valence-electron chi connectivity index (χ2n) is 5.56. The third-order valence-corrected chi connectivity index (χ3v) is 4.16. The second kappa shape index (κ2) is 6.53. The van der Waals surface area contributed by atoms with Crippen molar-refractivity contribution in [3.05, 3.63) is 35.9 Å². The molecule has 0 radical (unpaired) electrons. The van der Waals surface area contributed by atoms with Gasteiger partial charge in [0, 0.05) is 12.0 Å². The highest BCUT2D eigenvalue weighted by Gasteiger charge is 2.34. The van der Waals surface area contributed by atoms with E-state index in [1.807, 2.05) is 24.3 Å². The Kier molecular flexibility index (Phi) is 4.75. The van der Waals surface area contributed by atoms with Crippen molar-refractivity contribution in [3.8, 4) is 6.07 Å². The number of hydrogen-bond acceptors (Lipinski definition) is 3. The van der Waals surface area contributed by atoms with Crippen LogP contribution in [0, 0.1) is 16.7 Å². The maximum absolute atomic E-state index is 12.2. The molecule has 1 fully saturated rings. The third kappa shape index (κ3) is 3.17. The van der Waals surface area contributed by atoms with Gasteiger partial charge in [0.2, 0.25) is 5.91 Å². The van der Waals surface area contributed by atoms with Crippen LogP contribution in [0.1, 0.15) is 37.2 Å². The van der Waals surface area contributed by atoms with Crippen molar-refractivity contribution in [2.24, 2.45) is 5.41 Å². The molecule has 20 heavy (non-hydrogen) atoms. The summed E-state index contributed by atoms with van der Waals surface area (Å²) in [7, 11) is 0. The maximum Gasteiger partial charge on any atom is 0.241 e. The molecule has 1 aliphatic rings. The highest BCUT2D eigenvalue weighted by atomic mass is 16.3. The topological polar surface area (TPSA) is 73.1 Å². The Morgan fingerprint density at radius 1 is 1.35 bits per heavy atom. The lowest BCUT2D eigenvalue weighted by Crippen LogP contribution is -2.40. The van der Waals surface area contributed by atoms with E-state index in [0.717, 1.165) is 25.7 Å². The Hall–Kier alpha value is -1.86. The summed E-state index contributed by atoms with van der Waals surface area (Å²) in [5, 5.41) is 21.6. The van der Waals surface area contributed by atoms with Gasteiger partial charge in [-0.15, -0.1) is 0 Å². The lowest BCUT2D eigenvalue weighted by atomic mass is 9.87. The SMILES string of the molecule is N#CC(C(=O)NCC1(CO)CCCC1)c1ccccc1. The third-order valence-electron chi connectivity index (χ3n) is 4.16. The molecule has 1 unspecified atom stereocenters. The molecule has 1 aromatic rings. The standard InChI is InChI=1S/C16H20N2O2/c17-10-14(13-6-2-1-3-7-13)15(20)18-11-16(12-19)8-4-5-9-16/h1-3,6-7,14,19H,4-5,8-9,11-12H2,(H,18,20). The molecule has 1 amide bonds. The molecule has 4 nitrogen and oxygen atoms in total. The van der Waals surface area contributed by atoms with Gasteiger partial charge in [0.15, 0.2) is 0 Å². The zero-order chi connectivity index (χ0) is 14.4. The largest absolute Gasteiger partial charge is 0.396 e. The fourth-order valence-corrected chi connectivity index (χ4v) is 2.82. The van der Waals surface area contributed by atoms with Gasteiger partial charge in [0.25, 0.3) is 0 Å². The highest BCUT2D eigenvalue weighted by molar-refractivity contribution is 5.86. The van der Waals surface area contributed by atoms with E-state index in [0.29, 0.717) is 12.1 Å². The lowest BCUT2D eigenvalue weighted by Gasteiger charge is -2.27. The predicted octanol–water partition coefficient (Wildman–Crippen LogP) is 1.96. The van der Waals surface area contributed by atoms with E-state index in [2.05, 4.69) is 5.32 Å². The van der Waals surface area contributed by atoms with Crippen LogP contribution in [0.3, 0.4) is 0 Å². The van der Waals surface area contributed by atoms with Crippen molar-refractivity contribution in [2.45, 2.75) is 31.6 Å². The number of aliphatic hydroxyl groups is 1. The van der Waals surface area contributed by atoms with Crippen molar-refractivity contribution in [2.75, 3.05) is 13.2 Å². The van der Waals surface area contributed by atoms with Crippen LogP contribution in [0.25, 0.3) is 0 Å². The molecule has 0 bridgehead atoms. The minimum absolute atomic E-state index is 0.0931. The molecule has 1 aliphatic carbocycles. The van der Waals surface area contributed by atoms with Gasteiger partial charge in [-0.2, -0.15) is 5.26 Å². The lowest BCUT2D eigenvalue weighted by molar-refractivity contribution is -0.122. The van der Waals surface area contributed by atoms with Crippen LogP contribution in [-0.4, -0.2) is 24.2 Å². The maximum atomic E-state index is 12.2. The van der Waals surface area contributed by atoms with E-state index in [-0.39, 0.29) is 17.9 Å². The number of amides is 1. The van der Waals surface area contributed by atoms with Crippen molar-refractivity contribution < 1.29 is 9.90 Å². The molecule has 0 spiro atoms. The number of aliphatic hydroxyl groups excluding tert-OH is 1. The summed E-state index contributed by atoms with van der Waals surface area (Å²) in [6, 6.07) is 11.1. The number of nitrogens with zero attached hydrogens (tertiary/aromatic N) is 1. The summed E-state index contributed by atoms with van der Waals surface area (Å²) >= 11 is 0. The predicted molar refractivity (Wildman–Crippen MR) is 75.8 cm³/mol. The van der Waals surface area contributed by atoms with Crippen molar-refractivity contribution >= 4 is 5.91 Å². The van der Waals surface area contributed by atoms with Gasteiger partial charge in [-0.05, 0) is 18.4 Å². The first-order valence-corrected chi connectivity index (χ1v) is 7.04. The first-order chi connectivity index (χ1) is 9.71. The Balaban J connectivity index is 1.99. The van der Waals surface area contributed by atoms with E-state index < -0.39 is 5.92 Å². The fourth-order valence-electron chi connectivity index (χ4n) is 2.82. The fraction of sp³-hybridized carbons (Fsp3) is 0.500. The van der Waals surface area contributed by atoms with E-state index in [1.165, 1.54) is 0 Å². The number of nitrogens with one attached hydrogen (secondary N) is 1. The first kappa shape index (κ1) is 14.5. The summed E-state index contributed by atoms with van der Waals surface area (Å²) < 4.78 is 0. The second-order valence-corrected chi connectivity index (χ2v) is 5.56. The quantitative estimate of drug-likeness (QED) is 0.860. The van der Waals surface area contributed by atoms with Crippen LogP contribution < -0.4 is 5.32 Å². The van der Waals surface area contributed by atoms with Gasteiger partial charge >= 0.3 is 0 Å². The number of nitriles is 1. The number of benzene rings is 1. The highest BCUT2D eigenvalue weighted by Crippen LogP contribution is 2.37. The first-order valence-electron chi connectivity index (χ1n) is 7.04. The van der Waals surface area contributed by atoms with Crippen molar-refractivity contribution in [1.82, 2.24) is 5.32 Å². The molecule has 0 aliphatic heterocycles.